The molecule has 0 aliphatic rings. The molecule has 0 saturated carbocycles. The third-order valence-corrected chi connectivity index (χ3v) is 2.18. The second-order valence-corrected chi connectivity index (χ2v) is 5.35. The van der Waals surface area contributed by atoms with Crippen molar-refractivity contribution in [3.05, 3.63) is 22.8 Å². The Labute approximate surface area is 113 Å². The summed E-state index contributed by atoms with van der Waals surface area (Å²) in [6.07, 6.45) is -1.03. The Kier molecular flexibility index (Phi) is 4.28. The van der Waals surface area contributed by atoms with Gasteiger partial charge in [-0.1, -0.05) is 0 Å². The predicted molar refractivity (Wildman–Crippen MR) is 68.7 cm³/mol. The average Bonchev–Trinajstić information content (AvgIpc) is 2.18. The summed E-state index contributed by atoms with van der Waals surface area (Å²) in [6, 6.07) is 2.99. The van der Waals surface area contributed by atoms with Gasteiger partial charge in [-0.3, -0.25) is 0 Å². The number of pyridine rings is 1. The minimum Gasteiger partial charge on any atom is -0.464 e. The maximum Gasteiger partial charge on any atom is 0.425 e. The molecule has 0 aliphatic carbocycles. The van der Waals surface area contributed by atoms with Gasteiger partial charge in [-0.15, -0.1) is 0 Å². The van der Waals surface area contributed by atoms with E-state index in [0.29, 0.717) is 9.37 Å². The van der Waals surface area contributed by atoms with E-state index < -0.39 is 17.8 Å². The Morgan fingerprint density at radius 1 is 1.39 bits per heavy atom. The van der Waals surface area contributed by atoms with Crippen LogP contribution in [0.5, 0.6) is 0 Å². The smallest absolute Gasteiger partial charge is 0.425 e. The number of hydrogen-bond acceptors (Lipinski definition) is 4. The molecule has 0 fully saturated rings. The summed E-state index contributed by atoms with van der Waals surface area (Å²) < 4.78 is 5.68. The Hall–Kier alpha value is -1.63. The zero-order chi connectivity index (χ0) is 13.9. The van der Waals surface area contributed by atoms with Gasteiger partial charge in [0.1, 0.15) is 11.4 Å². The van der Waals surface area contributed by atoms with E-state index in [2.05, 4.69) is 20.9 Å². The second-order valence-electron chi connectivity index (χ2n) is 4.43. The molecule has 0 aromatic carbocycles. The normalized spacial score (nSPS) is 10.9. The van der Waals surface area contributed by atoms with Crippen LogP contribution in [0.1, 0.15) is 20.8 Å². The highest BCUT2D eigenvalue weighted by molar-refractivity contribution is 9.10. The highest BCUT2D eigenvalue weighted by Crippen LogP contribution is 2.18. The molecule has 98 valence electrons. The van der Waals surface area contributed by atoms with Crippen molar-refractivity contribution >= 4 is 33.9 Å². The standard InChI is InChI=1S/C11H13BrN2O4/c1-11(2,3)18-10(17)14(9(15)16)8-5-4-7(12)6-13-8/h4-6H,1-3H3,(H,15,16). The second kappa shape index (κ2) is 5.34. The Morgan fingerprint density at radius 2 is 2.00 bits per heavy atom. The zero-order valence-corrected chi connectivity index (χ0v) is 11.8. The van der Waals surface area contributed by atoms with Crippen molar-refractivity contribution in [2.45, 2.75) is 26.4 Å². The molecular weight excluding hydrogens is 304 g/mol. The van der Waals surface area contributed by atoms with Crippen molar-refractivity contribution in [2.24, 2.45) is 0 Å². The number of imide groups is 1. The number of anilines is 1. The Balaban J connectivity index is 3.00. The fourth-order valence-corrected chi connectivity index (χ4v) is 1.31. The lowest BCUT2D eigenvalue weighted by Gasteiger charge is -2.23. The number of halogens is 1. The minimum atomic E-state index is -1.45. The highest BCUT2D eigenvalue weighted by atomic mass is 79.9. The van der Waals surface area contributed by atoms with Gasteiger partial charge in [0, 0.05) is 10.7 Å². The molecule has 18 heavy (non-hydrogen) atoms. The number of nitrogens with zero attached hydrogens (tertiary/aromatic N) is 2. The summed E-state index contributed by atoms with van der Waals surface area (Å²) in [5.41, 5.74) is -0.778. The van der Waals surface area contributed by atoms with Crippen molar-refractivity contribution in [1.82, 2.24) is 4.98 Å². The molecule has 0 aliphatic heterocycles. The van der Waals surface area contributed by atoms with Gasteiger partial charge in [-0.2, -0.15) is 4.90 Å². The highest BCUT2D eigenvalue weighted by Gasteiger charge is 2.29. The van der Waals surface area contributed by atoms with E-state index in [1.807, 2.05) is 0 Å². The SMILES string of the molecule is CC(C)(C)OC(=O)N(C(=O)O)c1ccc(Br)cn1. The fraction of sp³-hybridized carbons (Fsp3) is 0.364. The summed E-state index contributed by atoms with van der Waals surface area (Å²) >= 11 is 3.17. The van der Waals surface area contributed by atoms with Crippen LogP contribution in [0.3, 0.4) is 0 Å². The lowest BCUT2D eigenvalue weighted by Crippen LogP contribution is -2.40. The molecule has 0 unspecified atom stereocenters. The summed E-state index contributed by atoms with van der Waals surface area (Å²) in [6.45, 7) is 4.96. The van der Waals surface area contributed by atoms with Crippen LogP contribution >= 0.6 is 15.9 Å². The van der Waals surface area contributed by atoms with Gasteiger partial charge in [-0.05, 0) is 48.8 Å². The number of carboxylic acid groups (broad SMARTS) is 1. The van der Waals surface area contributed by atoms with Crippen LogP contribution in [-0.2, 0) is 4.74 Å². The first kappa shape index (κ1) is 14.4. The van der Waals surface area contributed by atoms with Crippen molar-refractivity contribution in [2.75, 3.05) is 4.90 Å². The minimum absolute atomic E-state index is 0.0139. The lowest BCUT2D eigenvalue weighted by atomic mass is 10.2. The largest absolute Gasteiger partial charge is 0.464 e. The topological polar surface area (TPSA) is 79.7 Å². The molecule has 1 N–H and O–H groups in total. The number of rotatable bonds is 1. The van der Waals surface area contributed by atoms with Gasteiger partial charge in [0.15, 0.2) is 0 Å². The van der Waals surface area contributed by atoms with Crippen LogP contribution in [0.4, 0.5) is 15.4 Å². The van der Waals surface area contributed by atoms with Crippen LogP contribution < -0.4 is 4.90 Å². The molecule has 1 aromatic heterocycles. The van der Waals surface area contributed by atoms with Crippen molar-refractivity contribution in [3.8, 4) is 0 Å². The third kappa shape index (κ3) is 3.99. The number of ether oxygens (including phenoxy) is 1. The Bertz CT molecular complexity index is 453. The molecule has 7 heteroatoms. The third-order valence-electron chi connectivity index (χ3n) is 1.71. The molecule has 0 saturated heterocycles. The van der Waals surface area contributed by atoms with Crippen LogP contribution in [-0.4, -0.2) is 27.9 Å². The summed E-state index contributed by atoms with van der Waals surface area (Å²) in [4.78, 5) is 27.1. The zero-order valence-electron chi connectivity index (χ0n) is 10.2. The first-order valence-electron chi connectivity index (χ1n) is 5.08. The number of amides is 2. The van der Waals surface area contributed by atoms with E-state index in [1.165, 1.54) is 12.3 Å². The molecule has 1 heterocycles. The molecule has 1 rings (SSSR count). The maximum atomic E-state index is 11.8. The van der Waals surface area contributed by atoms with Crippen LogP contribution in [0, 0.1) is 0 Å². The van der Waals surface area contributed by atoms with Crippen LogP contribution in [0.25, 0.3) is 0 Å². The lowest BCUT2D eigenvalue weighted by molar-refractivity contribution is 0.0581. The van der Waals surface area contributed by atoms with Crippen molar-refractivity contribution < 1.29 is 19.4 Å². The molecule has 1 aromatic rings. The van der Waals surface area contributed by atoms with E-state index in [-0.39, 0.29) is 5.82 Å². The summed E-state index contributed by atoms with van der Waals surface area (Å²) in [5.74, 6) is -0.0139. The molecule has 2 amide bonds. The molecule has 6 nitrogen and oxygen atoms in total. The molecular formula is C11H13BrN2O4. The van der Waals surface area contributed by atoms with Crippen molar-refractivity contribution in [3.63, 3.8) is 0 Å². The molecule has 0 bridgehead atoms. The summed E-state index contributed by atoms with van der Waals surface area (Å²) in [5, 5.41) is 9.04. The quantitative estimate of drug-likeness (QED) is 0.860. The van der Waals surface area contributed by atoms with E-state index in [4.69, 9.17) is 9.84 Å². The first-order valence-corrected chi connectivity index (χ1v) is 5.87. The molecule has 0 spiro atoms. The number of carbonyl (C=O) groups is 2. The van der Waals surface area contributed by atoms with E-state index in [9.17, 15) is 9.59 Å². The predicted octanol–water partition coefficient (Wildman–Crippen LogP) is 3.26. The van der Waals surface area contributed by atoms with Gasteiger partial charge in [0.2, 0.25) is 0 Å². The fourth-order valence-electron chi connectivity index (χ4n) is 1.08. The monoisotopic (exact) mass is 316 g/mol. The number of aromatic nitrogens is 1. The van der Waals surface area contributed by atoms with Crippen LogP contribution in [0.2, 0.25) is 0 Å². The van der Waals surface area contributed by atoms with Crippen molar-refractivity contribution in [1.29, 1.82) is 0 Å². The van der Waals surface area contributed by atoms with E-state index in [0.717, 1.165) is 0 Å². The van der Waals surface area contributed by atoms with E-state index in [1.54, 1.807) is 26.8 Å². The first-order chi connectivity index (χ1) is 8.20. The van der Waals surface area contributed by atoms with Crippen LogP contribution in [0.15, 0.2) is 22.8 Å². The van der Waals surface area contributed by atoms with Gasteiger partial charge >= 0.3 is 12.2 Å². The number of carbonyl (C=O) groups excluding carboxylic acids is 1. The number of hydrogen-bond donors (Lipinski definition) is 1. The van der Waals surface area contributed by atoms with Gasteiger partial charge in [0.25, 0.3) is 0 Å². The van der Waals surface area contributed by atoms with E-state index >= 15 is 0 Å². The Morgan fingerprint density at radius 3 is 2.39 bits per heavy atom. The average molecular weight is 317 g/mol. The van der Waals surface area contributed by atoms with Gasteiger partial charge < -0.3 is 9.84 Å². The molecule has 0 radical (unpaired) electrons. The summed E-state index contributed by atoms with van der Waals surface area (Å²) in [7, 11) is 0. The van der Waals surface area contributed by atoms with Gasteiger partial charge in [0.05, 0.1) is 0 Å². The molecule has 0 atom stereocenters. The van der Waals surface area contributed by atoms with Gasteiger partial charge in [-0.25, -0.2) is 14.6 Å². The maximum absolute atomic E-state index is 11.8.